The lowest BCUT2D eigenvalue weighted by atomic mass is 9.94. The molecule has 0 aromatic carbocycles. The molecular formula is C26H34N4O5. The van der Waals surface area contributed by atoms with Crippen LogP contribution in [0.4, 0.5) is 0 Å². The van der Waals surface area contributed by atoms with E-state index in [1.165, 1.54) is 4.90 Å². The van der Waals surface area contributed by atoms with Gasteiger partial charge in [0.05, 0.1) is 18.2 Å². The number of pyridine rings is 1. The van der Waals surface area contributed by atoms with Crippen molar-refractivity contribution in [2.75, 3.05) is 32.8 Å². The Hall–Kier alpha value is -3.46. The number of Topliss-reactive ketones (excluding diaryl/α,β-unsaturated/α-hetero) is 1. The fourth-order valence-corrected chi connectivity index (χ4v) is 4.65. The minimum atomic E-state index is -0.755. The van der Waals surface area contributed by atoms with E-state index < -0.39 is 23.7 Å². The van der Waals surface area contributed by atoms with E-state index in [2.05, 4.69) is 28.7 Å². The highest BCUT2D eigenvalue weighted by Gasteiger charge is 2.46. The van der Waals surface area contributed by atoms with Crippen molar-refractivity contribution in [1.29, 1.82) is 0 Å². The zero-order valence-corrected chi connectivity index (χ0v) is 21.1. The van der Waals surface area contributed by atoms with Crippen molar-refractivity contribution < 1.29 is 24.2 Å². The molecule has 1 saturated heterocycles. The molecule has 3 rings (SSSR count). The first-order valence-electron chi connectivity index (χ1n) is 12.0. The number of carbonyl (C=O) groups is 3. The molecule has 9 nitrogen and oxygen atoms in total. The van der Waals surface area contributed by atoms with Crippen LogP contribution in [0.1, 0.15) is 66.1 Å². The number of aryl methyl sites for hydroxylation is 1. The molecule has 35 heavy (non-hydrogen) atoms. The monoisotopic (exact) mass is 482 g/mol. The van der Waals surface area contributed by atoms with E-state index in [0.29, 0.717) is 35.3 Å². The summed E-state index contributed by atoms with van der Waals surface area (Å²) in [6.07, 6.45) is 3.87. The summed E-state index contributed by atoms with van der Waals surface area (Å²) in [6.45, 7) is 12.4. The molecule has 2 N–H and O–H groups in total. The second-order valence-corrected chi connectivity index (χ2v) is 8.50. The van der Waals surface area contributed by atoms with E-state index in [9.17, 15) is 19.5 Å². The number of rotatable bonds is 10. The van der Waals surface area contributed by atoms with Gasteiger partial charge in [-0.25, -0.2) is 4.79 Å². The minimum absolute atomic E-state index is 0.00430. The number of H-pyrrole nitrogens is 1. The number of ether oxygens (including phenoxy) is 1. The van der Waals surface area contributed by atoms with Crippen LogP contribution in [0.25, 0.3) is 5.76 Å². The quantitative estimate of drug-likeness (QED) is 0.231. The number of carbonyl (C=O) groups excluding carboxylic acids is 3. The van der Waals surface area contributed by atoms with E-state index in [1.54, 1.807) is 45.3 Å². The Labute approximate surface area is 205 Å². The number of hydrogen-bond acceptors (Lipinski definition) is 7. The van der Waals surface area contributed by atoms with Gasteiger partial charge >= 0.3 is 5.97 Å². The zero-order valence-electron chi connectivity index (χ0n) is 21.1. The van der Waals surface area contributed by atoms with Crippen LogP contribution in [0.3, 0.4) is 0 Å². The number of hydrogen-bond donors (Lipinski definition) is 2. The maximum atomic E-state index is 13.3. The van der Waals surface area contributed by atoms with Crippen LogP contribution in [0.2, 0.25) is 0 Å². The molecule has 1 fully saturated rings. The van der Waals surface area contributed by atoms with E-state index in [-0.39, 0.29) is 23.6 Å². The summed E-state index contributed by atoms with van der Waals surface area (Å²) in [5.41, 5.74) is 2.18. The van der Waals surface area contributed by atoms with E-state index in [4.69, 9.17) is 4.74 Å². The van der Waals surface area contributed by atoms with Gasteiger partial charge in [-0.15, -0.1) is 0 Å². The first-order valence-corrected chi connectivity index (χ1v) is 12.0. The highest BCUT2D eigenvalue weighted by Crippen LogP contribution is 2.40. The van der Waals surface area contributed by atoms with Crippen molar-refractivity contribution >= 4 is 23.4 Å². The molecule has 0 spiro atoms. The van der Waals surface area contributed by atoms with Crippen LogP contribution in [0.5, 0.6) is 0 Å². The first-order chi connectivity index (χ1) is 16.8. The smallest absolute Gasteiger partial charge is 0.355 e. The Morgan fingerprint density at radius 3 is 2.43 bits per heavy atom. The molecule has 0 bridgehead atoms. The van der Waals surface area contributed by atoms with Gasteiger partial charge in [0.15, 0.2) is 0 Å². The van der Waals surface area contributed by atoms with Gasteiger partial charge in [-0.05, 0) is 70.1 Å². The van der Waals surface area contributed by atoms with E-state index >= 15 is 0 Å². The lowest BCUT2D eigenvalue weighted by Crippen LogP contribution is -2.33. The standard InChI is InChI=1S/C26H34N4O5/c1-6-29(7-2)14-9-15-30-22(18-10-12-27-13-11-18)20(24(32)25(30)33)23(31)19-16(4)21(28-17(19)5)26(34)35-8-3/h10-13,22,28,31H,6-9,14-15H2,1-5H3/b23-20+. The number of esters is 1. The maximum Gasteiger partial charge on any atom is 0.355 e. The van der Waals surface area contributed by atoms with Crippen molar-refractivity contribution in [2.45, 2.75) is 47.1 Å². The Bertz CT molecular complexity index is 1120. The van der Waals surface area contributed by atoms with Crippen LogP contribution in [0.15, 0.2) is 30.1 Å². The Morgan fingerprint density at radius 2 is 1.83 bits per heavy atom. The lowest BCUT2D eigenvalue weighted by molar-refractivity contribution is -0.140. The zero-order chi connectivity index (χ0) is 25.7. The number of nitrogens with zero attached hydrogens (tertiary/aromatic N) is 3. The van der Waals surface area contributed by atoms with Crippen LogP contribution in [-0.2, 0) is 14.3 Å². The highest BCUT2D eigenvalue weighted by molar-refractivity contribution is 6.46. The van der Waals surface area contributed by atoms with Crippen LogP contribution in [0, 0.1) is 13.8 Å². The van der Waals surface area contributed by atoms with Gasteiger partial charge in [0, 0.05) is 30.2 Å². The SMILES string of the molecule is CCOC(=O)c1[nH]c(C)c(/C(O)=C2\C(=O)C(=O)N(CCCN(CC)CC)C2c2ccncc2)c1C. The van der Waals surface area contributed by atoms with Crippen molar-refractivity contribution in [2.24, 2.45) is 0 Å². The number of aliphatic hydroxyl groups is 1. The summed E-state index contributed by atoms with van der Waals surface area (Å²) in [6, 6.07) is 2.72. The topological polar surface area (TPSA) is 116 Å². The molecule has 3 heterocycles. The van der Waals surface area contributed by atoms with Crippen LogP contribution in [-0.4, -0.2) is 75.3 Å². The third-order valence-electron chi connectivity index (χ3n) is 6.48. The predicted molar refractivity (Wildman–Crippen MR) is 132 cm³/mol. The van der Waals surface area contributed by atoms with E-state index in [1.807, 2.05) is 0 Å². The fraction of sp³-hybridized carbons (Fsp3) is 0.462. The normalized spacial score (nSPS) is 17.4. The maximum absolute atomic E-state index is 13.3. The number of ketones is 1. The van der Waals surface area contributed by atoms with Gasteiger partial charge in [-0.1, -0.05) is 13.8 Å². The molecule has 1 amide bonds. The van der Waals surface area contributed by atoms with Gasteiger partial charge in [0.1, 0.15) is 11.5 Å². The molecule has 2 aromatic rings. The first kappa shape index (κ1) is 26.2. The number of aromatic amines is 1. The average molecular weight is 483 g/mol. The fourth-order valence-electron chi connectivity index (χ4n) is 4.65. The molecule has 1 atom stereocenters. The van der Waals surface area contributed by atoms with Crippen LogP contribution < -0.4 is 0 Å². The molecule has 1 aliphatic heterocycles. The van der Waals surface area contributed by atoms with Crippen molar-refractivity contribution in [1.82, 2.24) is 19.8 Å². The number of amides is 1. The molecule has 0 saturated carbocycles. The summed E-state index contributed by atoms with van der Waals surface area (Å²) in [5, 5.41) is 11.4. The highest BCUT2D eigenvalue weighted by atomic mass is 16.5. The van der Waals surface area contributed by atoms with Crippen LogP contribution >= 0.6 is 0 Å². The summed E-state index contributed by atoms with van der Waals surface area (Å²) >= 11 is 0. The van der Waals surface area contributed by atoms with Crippen molar-refractivity contribution in [3.05, 3.63) is 58.2 Å². The Balaban J connectivity index is 2.08. The predicted octanol–water partition coefficient (Wildman–Crippen LogP) is 3.36. The average Bonchev–Trinajstić information content (AvgIpc) is 3.29. The molecule has 188 valence electrons. The third-order valence-corrected chi connectivity index (χ3v) is 6.48. The molecule has 0 aliphatic carbocycles. The van der Waals surface area contributed by atoms with Gasteiger partial charge < -0.3 is 24.6 Å². The second-order valence-electron chi connectivity index (χ2n) is 8.50. The third kappa shape index (κ3) is 5.14. The molecule has 9 heteroatoms. The summed E-state index contributed by atoms with van der Waals surface area (Å²) in [5.74, 6) is -2.25. The number of aliphatic hydroxyl groups excluding tert-OH is 1. The molecule has 1 aliphatic rings. The van der Waals surface area contributed by atoms with Gasteiger partial charge in [-0.2, -0.15) is 0 Å². The summed E-state index contributed by atoms with van der Waals surface area (Å²) in [4.78, 5) is 49.5. The number of nitrogens with one attached hydrogen (secondary N) is 1. The Morgan fingerprint density at radius 1 is 1.17 bits per heavy atom. The number of aromatic nitrogens is 2. The van der Waals surface area contributed by atoms with E-state index in [0.717, 1.165) is 19.6 Å². The molecular weight excluding hydrogens is 448 g/mol. The Kier molecular flexibility index (Phi) is 8.45. The van der Waals surface area contributed by atoms with Gasteiger partial charge in [0.25, 0.3) is 11.7 Å². The molecule has 0 radical (unpaired) electrons. The van der Waals surface area contributed by atoms with Crippen molar-refractivity contribution in [3.8, 4) is 0 Å². The van der Waals surface area contributed by atoms with Gasteiger partial charge in [0.2, 0.25) is 0 Å². The summed E-state index contributed by atoms with van der Waals surface area (Å²) in [7, 11) is 0. The number of likely N-dealkylation sites (tertiary alicyclic amines) is 1. The molecule has 2 aromatic heterocycles. The summed E-state index contributed by atoms with van der Waals surface area (Å²) < 4.78 is 5.10. The largest absolute Gasteiger partial charge is 0.507 e. The second kappa shape index (κ2) is 11.3. The van der Waals surface area contributed by atoms with Gasteiger partial charge in [-0.3, -0.25) is 14.6 Å². The molecule has 1 unspecified atom stereocenters. The minimum Gasteiger partial charge on any atom is -0.507 e. The lowest BCUT2D eigenvalue weighted by Gasteiger charge is -2.26. The van der Waals surface area contributed by atoms with Crippen molar-refractivity contribution in [3.63, 3.8) is 0 Å².